The number of para-hydroxylation sites is 1. The van der Waals surface area contributed by atoms with Gasteiger partial charge in [-0.2, -0.15) is 5.10 Å². The van der Waals surface area contributed by atoms with E-state index in [-0.39, 0.29) is 11.6 Å². The van der Waals surface area contributed by atoms with Crippen LogP contribution < -0.4 is 0 Å². The summed E-state index contributed by atoms with van der Waals surface area (Å²) in [4.78, 5) is 21.5. The molecule has 1 aromatic carbocycles. The minimum absolute atomic E-state index is 0.0337. The Morgan fingerprint density at radius 1 is 1.53 bits per heavy atom. The summed E-state index contributed by atoms with van der Waals surface area (Å²) in [6.45, 7) is 1.72. The first-order valence-corrected chi connectivity index (χ1v) is 5.10. The molecule has 0 spiro atoms. The third-order valence-electron chi connectivity index (χ3n) is 2.17. The monoisotopic (exact) mass is 235 g/mol. The lowest BCUT2D eigenvalue weighted by Crippen LogP contribution is -2.19. The molecule has 0 heterocycles. The summed E-state index contributed by atoms with van der Waals surface area (Å²) in [6, 6.07) is 6.22. The van der Waals surface area contributed by atoms with E-state index in [0.717, 1.165) is 5.01 Å². The lowest BCUT2D eigenvalue weighted by Gasteiger charge is -2.08. The van der Waals surface area contributed by atoms with E-state index in [9.17, 15) is 14.9 Å². The van der Waals surface area contributed by atoms with E-state index < -0.39 is 4.92 Å². The Balaban J connectivity index is 2.91. The second-order valence-electron chi connectivity index (χ2n) is 3.33. The van der Waals surface area contributed by atoms with Crippen LogP contribution in [-0.2, 0) is 4.79 Å². The van der Waals surface area contributed by atoms with Gasteiger partial charge in [0, 0.05) is 19.5 Å². The summed E-state index contributed by atoms with van der Waals surface area (Å²) in [5, 5.41) is 15.7. The molecule has 0 aromatic heterocycles. The minimum atomic E-state index is -0.483. The summed E-state index contributed by atoms with van der Waals surface area (Å²) in [5.41, 5.74) is 0.335. The van der Waals surface area contributed by atoms with Crippen LogP contribution in [0.1, 0.15) is 18.9 Å². The number of hydrogen-bond acceptors (Lipinski definition) is 4. The van der Waals surface area contributed by atoms with Crippen LogP contribution in [0.3, 0.4) is 0 Å². The van der Waals surface area contributed by atoms with Crippen LogP contribution in [0.15, 0.2) is 29.4 Å². The third kappa shape index (κ3) is 3.37. The maximum atomic E-state index is 11.2. The first-order chi connectivity index (χ1) is 8.06. The maximum Gasteiger partial charge on any atom is 0.278 e. The van der Waals surface area contributed by atoms with E-state index in [4.69, 9.17) is 0 Å². The maximum absolute atomic E-state index is 11.2. The molecule has 17 heavy (non-hydrogen) atoms. The molecule has 0 fully saturated rings. The van der Waals surface area contributed by atoms with Crippen LogP contribution in [0.4, 0.5) is 5.69 Å². The molecule has 1 amide bonds. The van der Waals surface area contributed by atoms with Gasteiger partial charge in [-0.15, -0.1) is 0 Å². The van der Waals surface area contributed by atoms with Gasteiger partial charge in [-0.3, -0.25) is 14.9 Å². The van der Waals surface area contributed by atoms with Crippen LogP contribution in [0, 0.1) is 10.1 Å². The van der Waals surface area contributed by atoms with Crippen LogP contribution in [0.25, 0.3) is 0 Å². The predicted molar refractivity (Wildman–Crippen MR) is 63.8 cm³/mol. The highest BCUT2D eigenvalue weighted by molar-refractivity contribution is 5.86. The summed E-state index contributed by atoms with van der Waals surface area (Å²) < 4.78 is 0. The number of nitrogens with zero attached hydrogens (tertiary/aromatic N) is 3. The van der Waals surface area contributed by atoms with Crippen molar-refractivity contribution in [3.05, 3.63) is 39.9 Å². The third-order valence-corrected chi connectivity index (χ3v) is 2.17. The van der Waals surface area contributed by atoms with E-state index in [1.165, 1.54) is 19.3 Å². The van der Waals surface area contributed by atoms with Gasteiger partial charge in [-0.1, -0.05) is 19.1 Å². The molecule has 90 valence electrons. The molecule has 0 atom stereocenters. The molecule has 0 N–H and O–H groups in total. The number of nitro benzene ring substituents is 1. The number of benzene rings is 1. The van der Waals surface area contributed by atoms with Crippen LogP contribution >= 0.6 is 0 Å². The number of amides is 1. The van der Waals surface area contributed by atoms with Crippen molar-refractivity contribution in [2.75, 3.05) is 7.05 Å². The Kier molecular flexibility index (Phi) is 4.33. The molecule has 6 heteroatoms. The van der Waals surface area contributed by atoms with Gasteiger partial charge in [0.25, 0.3) is 5.69 Å². The van der Waals surface area contributed by atoms with E-state index in [1.54, 1.807) is 25.1 Å². The van der Waals surface area contributed by atoms with Gasteiger partial charge in [0.2, 0.25) is 5.91 Å². The number of rotatable bonds is 4. The summed E-state index contributed by atoms with van der Waals surface area (Å²) in [5.74, 6) is -0.153. The van der Waals surface area contributed by atoms with Gasteiger partial charge in [-0.05, 0) is 6.07 Å². The zero-order chi connectivity index (χ0) is 12.8. The summed E-state index contributed by atoms with van der Waals surface area (Å²) in [6.07, 6.45) is 1.65. The molecule has 1 rings (SSSR count). The van der Waals surface area contributed by atoms with Gasteiger partial charge < -0.3 is 0 Å². The fourth-order valence-corrected chi connectivity index (χ4v) is 1.20. The molecule has 0 aliphatic heterocycles. The molecule has 0 aliphatic carbocycles. The first kappa shape index (κ1) is 12.8. The molecular formula is C11H13N3O3. The fourth-order valence-electron chi connectivity index (χ4n) is 1.20. The van der Waals surface area contributed by atoms with Crippen LogP contribution in [0.5, 0.6) is 0 Å². The Morgan fingerprint density at radius 2 is 2.18 bits per heavy atom. The van der Waals surface area contributed by atoms with Gasteiger partial charge in [0.1, 0.15) is 0 Å². The quantitative estimate of drug-likeness (QED) is 0.453. The average molecular weight is 235 g/mol. The van der Waals surface area contributed by atoms with Crippen molar-refractivity contribution < 1.29 is 9.72 Å². The molecule has 0 bridgehead atoms. The number of hydrogen-bond donors (Lipinski definition) is 0. The Bertz CT molecular complexity index is 457. The topological polar surface area (TPSA) is 75.8 Å². The second-order valence-corrected chi connectivity index (χ2v) is 3.33. The lowest BCUT2D eigenvalue weighted by atomic mass is 10.2. The standard InChI is InChI=1S/C11H13N3O3/c1-3-11(15)13(2)12-8-9-6-4-5-7-10(9)14(16)17/h4-8H,3H2,1-2H3/b12-8+. The largest absolute Gasteiger partial charge is 0.278 e. The highest BCUT2D eigenvalue weighted by atomic mass is 16.6. The van der Waals surface area contributed by atoms with Crippen molar-refractivity contribution in [3.63, 3.8) is 0 Å². The highest BCUT2D eigenvalue weighted by Gasteiger charge is 2.10. The number of hydrazone groups is 1. The van der Waals surface area contributed by atoms with Crippen molar-refractivity contribution in [1.82, 2.24) is 5.01 Å². The number of carbonyl (C=O) groups is 1. The van der Waals surface area contributed by atoms with E-state index in [0.29, 0.717) is 12.0 Å². The molecule has 0 saturated heterocycles. The molecule has 0 aliphatic rings. The van der Waals surface area contributed by atoms with Gasteiger partial charge in [-0.25, -0.2) is 5.01 Å². The van der Waals surface area contributed by atoms with Crippen molar-refractivity contribution >= 4 is 17.8 Å². The molecule has 0 radical (unpaired) electrons. The molecule has 6 nitrogen and oxygen atoms in total. The minimum Gasteiger partial charge on any atom is -0.273 e. The van der Waals surface area contributed by atoms with E-state index in [1.807, 2.05) is 0 Å². The summed E-state index contributed by atoms with van der Waals surface area (Å²) >= 11 is 0. The van der Waals surface area contributed by atoms with Gasteiger partial charge in [0.15, 0.2) is 0 Å². The summed E-state index contributed by atoms with van der Waals surface area (Å²) in [7, 11) is 1.51. The number of nitro groups is 1. The molecule has 0 saturated carbocycles. The van der Waals surface area contributed by atoms with Gasteiger partial charge >= 0.3 is 0 Å². The normalized spacial score (nSPS) is 10.5. The van der Waals surface area contributed by atoms with Crippen molar-refractivity contribution in [3.8, 4) is 0 Å². The van der Waals surface area contributed by atoms with Crippen LogP contribution in [0.2, 0.25) is 0 Å². The van der Waals surface area contributed by atoms with E-state index in [2.05, 4.69) is 5.10 Å². The molecular weight excluding hydrogens is 222 g/mol. The van der Waals surface area contributed by atoms with Crippen molar-refractivity contribution in [2.45, 2.75) is 13.3 Å². The zero-order valence-corrected chi connectivity index (χ0v) is 9.66. The average Bonchev–Trinajstić information content (AvgIpc) is 2.35. The van der Waals surface area contributed by atoms with Crippen LogP contribution in [-0.4, -0.2) is 29.1 Å². The Hall–Kier alpha value is -2.24. The first-order valence-electron chi connectivity index (χ1n) is 5.10. The number of carbonyl (C=O) groups excluding carboxylic acids is 1. The second kappa shape index (κ2) is 5.74. The Morgan fingerprint density at radius 3 is 2.76 bits per heavy atom. The predicted octanol–water partition coefficient (Wildman–Crippen LogP) is 1.80. The van der Waals surface area contributed by atoms with Crippen molar-refractivity contribution in [1.29, 1.82) is 0 Å². The SMILES string of the molecule is CCC(=O)N(C)/N=C/c1ccccc1[N+](=O)[O-]. The lowest BCUT2D eigenvalue weighted by molar-refractivity contribution is -0.385. The fraction of sp³-hybridized carbons (Fsp3) is 0.273. The van der Waals surface area contributed by atoms with E-state index >= 15 is 0 Å². The zero-order valence-electron chi connectivity index (χ0n) is 9.66. The Labute approximate surface area is 98.7 Å². The van der Waals surface area contributed by atoms with Gasteiger partial charge in [0.05, 0.1) is 16.7 Å². The smallest absolute Gasteiger partial charge is 0.273 e. The van der Waals surface area contributed by atoms with Crippen molar-refractivity contribution in [2.24, 2.45) is 5.10 Å². The molecule has 1 aromatic rings. The highest BCUT2D eigenvalue weighted by Crippen LogP contribution is 2.15. The molecule has 0 unspecified atom stereocenters.